The van der Waals surface area contributed by atoms with E-state index in [-0.39, 0.29) is 10.6 Å². The zero-order chi connectivity index (χ0) is 19.6. The Morgan fingerprint density at radius 1 is 1.22 bits per heavy atom. The van der Waals surface area contributed by atoms with Crippen LogP contribution >= 0.6 is 11.3 Å². The number of hydrogen-bond donors (Lipinski definition) is 1. The maximum atomic E-state index is 11.3. The first-order chi connectivity index (χ1) is 12.8. The lowest BCUT2D eigenvalue weighted by molar-refractivity contribution is -0.384. The summed E-state index contributed by atoms with van der Waals surface area (Å²) in [5, 5.41) is 18.0. The molecule has 10 heteroatoms. The topological polar surface area (TPSA) is 121 Å². The van der Waals surface area contributed by atoms with E-state index in [0.29, 0.717) is 17.0 Å². The molecule has 3 aromatic rings. The van der Waals surface area contributed by atoms with Gasteiger partial charge in [-0.05, 0) is 31.2 Å². The third-order valence-electron chi connectivity index (χ3n) is 3.86. The predicted molar refractivity (Wildman–Crippen MR) is 103 cm³/mol. The molecule has 0 saturated heterocycles. The van der Waals surface area contributed by atoms with E-state index >= 15 is 0 Å². The van der Waals surface area contributed by atoms with Gasteiger partial charge in [-0.1, -0.05) is 12.1 Å². The van der Waals surface area contributed by atoms with Crippen LogP contribution in [0.2, 0.25) is 0 Å². The Bertz CT molecular complexity index is 1160. The fraction of sp³-hybridized carbons (Fsp3) is 0.118. The van der Waals surface area contributed by atoms with Gasteiger partial charge in [-0.2, -0.15) is 0 Å². The van der Waals surface area contributed by atoms with Crippen LogP contribution in [0.1, 0.15) is 6.92 Å². The number of nitro groups is 1. The van der Waals surface area contributed by atoms with Gasteiger partial charge in [-0.15, -0.1) is 11.3 Å². The van der Waals surface area contributed by atoms with Crippen LogP contribution < -0.4 is 9.94 Å². The minimum Gasteiger partial charge on any atom is -0.317 e. The van der Waals surface area contributed by atoms with E-state index in [2.05, 4.69) is 4.99 Å². The number of hydrogen-bond acceptors (Lipinski definition) is 6. The summed E-state index contributed by atoms with van der Waals surface area (Å²) in [7, 11) is -3.75. The van der Waals surface area contributed by atoms with Gasteiger partial charge in [0.15, 0.2) is 4.80 Å². The highest BCUT2D eigenvalue weighted by Gasteiger charge is 2.12. The van der Waals surface area contributed by atoms with Gasteiger partial charge in [0.25, 0.3) is 5.69 Å². The van der Waals surface area contributed by atoms with Crippen molar-refractivity contribution < 1.29 is 13.3 Å². The molecule has 2 N–H and O–H groups in total. The minimum absolute atomic E-state index is 0.0216. The van der Waals surface area contributed by atoms with E-state index in [0.717, 1.165) is 11.3 Å². The summed E-state index contributed by atoms with van der Waals surface area (Å²) in [6, 6.07) is 12.4. The largest absolute Gasteiger partial charge is 0.317 e. The number of nitrogens with zero attached hydrogens (tertiary/aromatic N) is 3. The van der Waals surface area contributed by atoms with Gasteiger partial charge in [-0.25, -0.2) is 18.5 Å². The molecule has 140 valence electrons. The molecular formula is C17H16N4O4S2. The first kappa shape index (κ1) is 19.0. The lowest BCUT2D eigenvalue weighted by atomic mass is 10.1. The fourth-order valence-corrected chi connectivity index (χ4v) is 4.06. The van der Waals surface area contributed by atoms with Crippen molar-refractivity contribution in [1.82, 2.24) is 4.57 Å². The molecule has 2 aromatic carbocycles. The van der Waals surface area contributed by atoms with Gasteiger partial charge in [0.2, 0.25) is 10.0 Å². The summed E-state index contributed by atoms with van der Waals surface area (Å²) in [6.07, 6.45) is 0. The normalized spacial score (nSPS) is 12.3. The summed E-state index contributed by atoms with van der Waals surface area (Å²) in [5.41, 5.74) is 2.16. The number of rotatable bonds is 5. The van der Waals surface area contributed by atoms with Crippen molar-refractivity contribution in [3.05, 3.63) is 68.8 Å². The number of primary sulfonamides is 1. The van der Waals surface area contributed by atoms with Crippen molar-refractivity contribution in [3.63, 3.8) is 0 Å². The molecular weight excluding hydrogens is 388 g/mol. The number of sulfonamides is 1. The van der Waals surface area contributed by atoms with E-state index in [9.17, 15) is 18.5 Å². The smallest absolute Gasteiger partial charge is 0.270 e. The van der Waals surface area contributed by atoms with Crippen LogP contribution in [-0.4, -0.2) is 17.9 Å². The molecule has 27 heavy (non-hydrogen) atoms. The third kappa shape index (κ3) is 4.13. The molecule has 0 saturated carbocycles. The molecule has 0 bridgehead atoms. The van der Waals surface area contributed by atoms with Crippen LogP contribution in [0.3, 0.4) is 0 Å². The molecule has 1 aromatic heterocycles. The highest BCUT2D eigenvalue weighted by atomic mass is 32.2. The maximum absolute atomic E-state index is 11.3. The third-order valence-corrected chi connectivity index (χ3v) is 5.65. The zero-order valence-corrected chi connectivity index (χ0v) is 15.9. The Morgan fingerprint density at radius 2 is 1.93 bits per heavy atom. The van der Waals surface area contributed by atoms with Crippen molar-refractivity contribution in [3.8, 4) is 11.3 Å². The fourth-order valence-electron chi connectivity index (χ4n) is 2.55. The second-order valence-corrected chi connectivity index (χ2v) is 8.00. The Hall–Kier alpha value is -2.82. The van der Waals surface area contributed by atoms with Crippen molar-refractivity contribution >= 4 is 32.7 Å². The second-order valence-electron chi connectivity index (χ2n) is 5.61. The molecule has 3 rings (SSSR count). The molecule has 0 amide bonds. The molecule has 0 aliphatic carbocycles. The number of nitrogens with two attached hydrogens (primary N) is 1. The van der Waals surface area contributed by atoms with Crippen molar-refractivity contribution in [2.45, 2.75) is 18.4 Å². The molecule has 0 unspecified atom stereocenters. The molecule has 0 atom stereocenters. The van der Waals surface area contributed by atoms with E-state index < -0.39 is 14.9 Å². The molecule has 1 heterocycles. The van der Waals surface area contributed by atoms with Gasteiger partial charge in [0, 0.05) is 29.6 Å². The lowest BCUT2D eigenvalue weighted by Gasteiger charge is -2.06. The van der Waals surface area contributed by atoms with Crippen LogP contribution in [0.4, 0.5) is 11.4 Å². The average molecular weight is 404 g/mol. The Kier molecular flexibility index (Phi) is 5.22. The van der Waals surface area contributed by atoms with E-state index in [1.165, 1.54) is 35.6 Å². The number of thiazole rings is 1. The van der Waals surface area contributed by atoms with Crippen LogP contribution in [0.5, 0.6) is 0 Å². The Balaban J connectivity index is 2.05. The zero-order valence-electron chi connectivity index (χ0n) is 14.3. The van der Waals surface area contributed by atoms with E-state index in [1.807, 2.05) is 22.9 Å². The van der Waals surface area contributed by atoms with Crippen LogP contribution in [-0.2, 0) is 16.6 Å². The van der Waals surface area contributed by atoms with Gasteiger partial charge >= 0.3 is 0 Å². The number of nitro benzene ring substituents is 1. The first-order valence-corrected chi connectivity index (χ1v) is 10.3. The molecule has 0 spiro atoms. The highest BCUT2D eigenvalue weighted by Crippen LogP contribution is 2.25. The SMILES string of the molecule is CCn1c(-c2cccc([N+](=O)[O-])c2)csc1=Nc1ccc(S(N)(=O)=O)cc1. The number of benzene rings is 2. The molecule has 0 fully saturated rings. The van der Waals surface area contributed by atoms with Gasteiger partial charge < -0.3 is 4.57 Å². The molecule has 0 radical (unpaired) electrons. The minimum atomic E-state index is -3.75. The quantitative estimate of drug-likeness (QED) is 0.519. The Morgan fingerprint density at radius 3 is 2.52 bits per heavy atom. The Labute approximate surface area is 159 Å². The van der Waals surface area contributed by atoms with Crippen molar-refractivity contribution in [1.29, 1.82) is 0 Å². The average Bonchev–Trinajstić information content (AvgIpc) is 3.04. The summed E-state index contributed by atoms with van der Waals surface area (Å²) < 4.78 is 24.6. The lowest BCUT2D eigenvalue weighted by Crippen LogP contribution is -2.14. The number of non-ortho nitro benzene ring substituents is 1. The monoisotopic (exact) mass is 404 g/mol. The molecule has 0 aliphatic heterocycles. The summed E-state index contributed by atoms with van der Waals surface area (Å²) in [5.74, 6) is 0. The molecule has 0 aliphatic rings. The van der Waals surface area contributed by atoms with Crippen LogP contribution in [0, 0.1) is 10.1 Å². The summed E-state index contributed by atoms with van der Waals surface area (Å²) in [6.45, 7) is 2.58. The summed E-state index contributed by atoms with van der Waals surface area (Å²) >= 11 is 1.40. The van der Waals surface area contributed by atoms with Gasteiger partial charge in [0.1, 0.15) is 0 Å². The number of aromatic nitrogens is 1. The maximum Gasteiger partial charge on any atom is 0.270 e. The standard InChI is InChI=1S/C17H16N4O4S2/c1-2-20-16(12-4-3-5-14(10-12)21(22)23)11-26-17(20)19-13-6-8-15(9-7-13)27(18,24)25/h3-11H,2H2,1H3,(H2,18,24,25). The van der Waals surface area contributed by atoms with Crippen molar-refractivity contribution in [2.24, 2.45) is 10.1 Å². The van der Waals surface area contributed by atoms with Gasteiger partial charge in [0.05, 0.1) is 21.2 Å². The molecule has 8 nitrogen and oxygen atoms in total. The van der Waals surface area contributed by atoms with Gasteiger partial charge in [-0.3, -0.25) is 10.1 Å². The predicted octanol–water partition coefficient (Wildman–Crippen LogP) is 3.02. The second kappa shape index (κ2) is 7.43. The van der Waals surface area contributed by atoms with Crippen LogP contribution in [0.15, 0.2) is 63.8 Å². The van der Waals surface area contributed by atoms with E-state index in [4.69, 9.17) is 5.14 Å². The highest BCUT2D eigenvalue weighted by molar-refractivity contribution is 7.89. The van der Waals surface area contributed by atoms with Crippen LogP contribution in [0.25, 0.3) is 11.3 Å². The van der Waals surface area contributed by atoms with Crippen molar-refractivity contribution in [2.75, 3.05) is 0 Å². The summed E-state index contributed by atoms with van der Waals surface area (Å²) in [4.78, 5) is 15.9. The van der Waals surface area contributed by atoms with E-state index in [1.54, 1.807) is 18.2 Å². The first-order valence-electron chi connectivity index (χ1n) is 7.90.